The zero-order valence-corrected chi connectivity index (χ0v) is 12.6. The van der Waals surface area contributed by atoms with Gasteiger partial charge in [0.15, 0.2) is 0 Å². The van der Waals surface area contributed by atoms with Crippen LogP contribution in [0.4, 0.5) is 4.79 Å². The summed E-state index contributed by atoms with van der Waals surface area (Å²) in [5.74, 6) is -0.781. The lowest BCUT2D eigenvalue weighted by Gasteiger charge is -2.23. The van der Waals surface area contributed by atoms with Crippen LogP contribution in [-0.2, 0) is 4.79 Å². The molecule has 1 atom stereocenters. The van der Waals surface area contributed by atoms with Crippen LogP contribution in [0.3, 0.4) is 0 Å². The predicted molar refractivity (Wildman–Crippen MR) is 75.0 cm³/mol. The number of rotatable bonds is 7. The monoisotopic (exact) mass is 276 g/mol. The van der Waals surface area contributed by atoms with Crippen LogP contribution in [0.15, 0.2) is 0 Å². The number of carboxylic acid groups (broad SMARTS) is 1. The molecule has 0 aromatic rings. The van der Waals surface area contributed by atoms with Crippen LogP contribution in [0.5, 0.6) is 0 Å². The molecule has 0 aromatic carbocycles. The van der Waals surface area contributed by atoms with Gasteiger partial charge < -0.3 is 15.7 Å². The first-order chi connectivity index (χ1) is 8.18. The summed E-state index contributed by atoms with van der Waals surface area (Å²) in [5.41, 5.74) is 0. The SMILES string of the molecule is CSC(C)(C)CNC(=O)N[C@@H](CC(C)C)C(=O)O. The summed E-state index contributed by atoms with van der Waals surface area (Å²) >= 11 is 1.65. The van der Waals surface area contributed by atoms with E-state index in [0.717, 1.165) is 0 Å². The van der Waals surface area contributed by atoms with Crippen LogP contribution in [-0.4, -0.2) is 40.7 Å². The molecule has 0 aliphatic heterocycles. The standard InChI is InChI=1S/C12H24N2O3S/c1-8(2)6-9(10(15)16)14-11(17)13-7-12(3,4)18-5/h8-9H,6-7H2,1-5H3,(H,15,16)(H2,13,14,17)/t9-/m0/s1. The Morgan fingerprint density at radius 3 is 2.28 bits per heavy atom. The molecule has 0 bridgehead atoms. The van der Waals surface area contributed by atoms with Crippen LogP contribution in [0.1, 0.15) is 34.1 Å². The minimum Gasteiger partial charge on any atom is -0.480 e. The van der Waals surface area contributed by atoms with Crippen molar-refractivity contribution in [2.75, 3.05) is 12.8 Å². The van der Waals surface area contributed by atoms with Gasteiger partial charge in [0, 0.05) is 11.3 Å². The third kappa shape index (κ3) is 7.42. The summed E-state index contributed by atoms with van der Waals surface area (Å²) in [7, 11) is 0. The first-order valence-corrected chi connectivity index (χ1v) is 7.22. The molecule has 3 N–H and O–H groups in total. The van der Waals surface area contributed by atoms with E-state index in [2.05, 4.69) is 10.6 Å². The number of hydrogen-bond donors (Lipinski definition) is 3. The molecule has 0 saturated carbocycles. The number of carbonyl (C=O) groups excluding carboxylic acids is 1. The Morgan fingerprint density at radius 2 is 1.89 bits per heavy atom. The van der Waals surface area contributed by atoms with E-state index in [9.17, 15) is 9.59 Å². The number of nitrogens with one attached hydrogen (secondary N) is 2. The fourth-order valence-electron chi connectivity index (χ4n) is 1.27. The van der Waals surface area contributed by atoms with Crippen molar-refractivity contribution in [3.05, 3.63) is 0 Å². The van der Waals surface area contributed by atoms with Crippen LogP contribution in [0.25, 0.3) is 0 Å². The molecule has 106 valence electrons. The number of urea groups is 1. The second-order valence-electron chi connectivity index (χ2n) is 5.31. The highest BCUT2D eigenvalue weighted by atomic mass is 32.2. The second kappa shape index (κ2) is 7.51. The molecular weight excluding hydrogens is 252 g/mol. The third-order valence-electron chi connectivity index (χ3n) is 2.54. The van der Waals surface area contributed by atoms with Crippen LogP contribution in [0, 0.1) is 5.92 Å². The highest BCUT2D eigenvalue weighted by Crippen LogP contribution is 2.19. The van der Waals surface area contributed by atoms with Crippen LogP contribution < -0.4 is 10.6 Å². The van der Waals surface area contributed by atoms with Gasteiger partial charge in [-0.2, -0.15) is 11.8 Å². The highest BCUT2D eigenvalue weighted by Gasteiger charge is 2.22. The van der Waals surface area contributed by atoms with E-state index in [0.29, 0.717) is 13.0 Å². The van der Waals surface area contributed by atoms with Crippen molar-refractivity contribution in [1.82, 2.24) is 10.6 Å². The number of amides is 2. The van der Waals surface area contributed by atoms with E-state index in [1.807, 2.05) is 34.0 Å². The van der Waals surface area contributed by atoms with Crippen molar-refractivity contribution in [3.8, 4) is 0 Å². The zero-order valence-electron chi connectivity index (χ0n) is 11.7. The minimum atomic E-state index is -0.997. The molecule has 18 heavy (non-hydrogen) atoms. The topological polar surface area (TPSA) is 78.4 Å². The minimum absolute atomic E-state index is 0.0614. The summed E-state index contributed by atoms with van der Waals surface area (Å²) in [5, 5.41) is 14.2. The lowest BCUT2D eigenvalue weighted by Crippen LogP contribution is -2.49. The molecule has 6 heteroatoms. The van der Waals surface area contributed by atoms with Gasteiger partial charge in [-0.3, -0.25) is 0 Å². The molecule has 0 aliphatic rings. The first-order valence-electron chi connectivity index (χ1n) is 6.00. The van der Waals surface area contributed by atoms with Crippen LogP contribution >= 0.6 is 11.8 Å². The number of hydrogen-bond acceptors (Lipinski definition) is 3. The van der Waals surface area contributed by atoms with Crippen molar-refractivity contribution in [1.29, 1.82) is 0 Å². The van der Waals surface area contributed by atoms with Gasteiger partial charge in [-0.15, -0.1) is 0 Å². The fourth-order valence-corrected chi connectivity index (χ4v) is 1.48. The van der Waals surface area contributed by atoms with Gasteiger partial charge in [-0.1, -0.05) is 13.8 Å². The van der Waals surface area contributed by atoms with E-state index < -0.39 is 18.0 Å². The quantitative estimate of drug-likeness (QED) is 0.664. The maximum atomic E-state index is 11.6. The fraction of sp³-hybridized carbons (Fsp3) is 0.833. The zero-order chi connectivity index (χ0) is 14.3. The Morgan fingerprint density at radius 1 is 1.33 bits per heavy atom. The maximum absolute atomic E-state index is 11.6. The molecule has 2 amide bonds. The Kier molecular flexibility index (Phi) is 7.13. The van der Waals surface area contributed by atoms with E-state index in [1.54, 1.807) is 11.8 Å². The summed E-state index contributed by atoms with van der Waals surface area (Å²) < 4.78 is -0.0614. The van der Waals surface area contributed by atoms with Gasteiger partial charge in [-0.25, -0.2) is 9.59 Å². The van der Waals surface area contributed by atoms with Crippen molar-refractivity contribution in [2.45, 2.75) is 44.9 Å². The number of carboxylic acids is 1. The third-order valence-corrected chi connectivity index (χ3v) is 3.79. The maximum Gasteiger partial charge on any atom is 0.326 e. The summed E-state index contributed by atoms with van der Waals surface area (Å²) in [6.07, 6.45) is 2.40. The van der Waals surface area contributed by atoms with Gasteiger partial charge in [0.05, 0.1) is 0 Å². The first kappa shape index (κ1) is 17.1. The molecule has 0 aliphatic carbocycles. The van der Waals surface area contributed by atoms with Gasteiger partial charge >= 0.3 is 12.0 Å². The molecule has 0 rings (SSSR count). The summed E-state index contributed by atoms with van der Waals surface area (Å²) in [6.45, 7) is 8.37. The van der Waals surface area contributed by atoms with E-state index in [1.165, 1.54) is 0 Å². The number of aliphatic carboxylic acids is 1. The predicted octanol–water partition coefficient (Wildman–Crippen LogP) is 1.93. The molecule has 5 nitrogen and oxygen atoms in total. The van der Waals surface area contributed by atoms with E-state index in [-0.39, 0.29) is 10.7 Å². The molecule has 0 radical (unpaired) electrons. The second-order valence-corrected chi connectivity index (χ2v) is 6.82. The Balaban J connectivity index is 4.23. The summed E-state index contributed by atoms with van der Waals surface area (Å²) in [4.78, 5) is 22.6. The van der Waals surface area contributed by atoms with Gasteiger partial charge in [0.2, 0.25) is 0 Å². The molecule has 0 heterocycles. The van der Waals surface area contributed by atoms with Crippen molar-refractivity contribution in [3.63, 3.8) is 0 Å². The highest BCUT2D eigenvalue weighted by molar-refractivity contribution is 7.99. The van der Waals surface area contributed by atoms with Gasteiger partial charge in [0.25, 0.3) is 0 Å². The Hall–Kier alpha value is -0.910. The lowest BCUT2D eigenvalue weighted by atomic mass is 10.0. The molecule has 0 unspecified atom stereocenters. The van der Waals surface area contributed by atoms with E-state index in [4.69, 9.17) is 5.11 Å². The normalized spacial score (nSPS) is 13.2. The van der Waals surface area contributed by atoms with Gasteiger partial charge in [0.1, 0.15) is 6.04 Å². The summed E-state index contributed by atoms with van der Waals surface area (Å²) in [6, 6.07) is -1.26. The molecule has 0 saturated heterocycles. The van der Waals surface area contributed by atoms with Crippen molar-refractivity contribution in [2.24, 2.45) is 5.92 Å². The average Bonchev–Trinajstić information content (AvgIpc) is 2.25. The smallest absolute Gasteiger partial charge is 0.326 e. The number of carbonyl (C=O) groups is 2. The molecular formula is C12H24N2O3S. The molecule has 0 fully saturated rings. The molecule has 0 aromatic heterocycles. The lowest BCUT2D eigenvalue weighted by molar-refractivity contribution is -0.139. The average molecular weight is 276 g/mol. The van der Waals surface area contributed by atoms with Crippen molar-refractivity contribution >= 4 is 23.8 Å². The van der Waals surface area contributed by atoms with Crippen LogP contribution in [0.2, 0.25) is 0 Å². The van der Waals surface area contributed by atoms with Gasteiger partial charge in [-0.05, 0) is 32.4 Å². The largest absolute Gasteiger partial charge is 0.480 e. The Bertz CT molecular complexity index is 293. The van der Waals surface area contributed by atoms with E-state index >= 15 is 0 Å². The Labute approximate surface area is 113 Å². The molecule has 0 spiro atoms. The number of thioether (sulfide) groups is 1. The van der Waals surface area contributed by atoms with Crippen molar-refractivity contribution < 1.29 is 14.7 Å².